The molecule has 3 spiro atoms. The second kappa shape index (κ2) is 6.42. The van der Waals surface area contributed by atoms with Crippen molar-refractivity contribution in [2.75, 3.05) is 0 Å². The van der Waals surface area contributed by atoms with Gasteiger partial charge in [-0.2, -0.15) is 0 Å². The number of aliphatic hydroxyl groups is 3. The summed E-state index contributed by atoms with van der Waals surface area (Å²) >= 11 is 0. The molecule has 4 aliphatic carbocycles. The van der Waals surface area contributed by atoms with Crippen molar-refractivity contribution < 1.29 is 48.6 Å². The number of hydrogen-bond donors (Lipinski definition) is 4. The molecule has 212 valence electrons. The lowest BCUT2D eigenvalue weighted by Crippen LogP contribution is -2.93. The molecule has 1 aromatic heterocycles. The van der Waals surface area contributed by atoms with Gasteiger partial charge in [0.25, 0.3) is 5.97 Å². The molecule has 4 heterocycles. The van der Waals surface area contributed by atoms with Crippen LogP contribution < -0.4 is 0 Å². The van der Waals surface area contributed by atoms with Crippen molar-refractivity contribution in [2.45, 2.75) is 106 Å². The molecule has 4 N–H and O–H groups in total. The van der Waals surface area contributed by atoms with Gasteiger partial charge in [-0.15, -0.1) is 0 Å². The van der Waals surface area contributed by atoms with E-state index in [2.05, 4.69) is 6.58 Å². The van der Waals surface area contributed by atoms with Crippen LogP contribution in [0.5, 0.6) is 0 Å². The van der Waals surface area contributed by atoms with Crippen molar-refractivity contribution in [3.8, 4) is 0 Å². The summed E-state index contributed by atoms with van der Waals surface area (Å²) in [6, 6.07) is 1.74. The number of furan rings is 1. The summed E-state index contributed by atoms with van der Waals surface area (Å²) in [5.41, 5.74) is -8.07. The van der Waals surface area contributed by atoms with Crippen LogP contribution in [0, 0.1) is 28.1 Å². The summed E-state index contributed by atoms with van der Waals surface area (Å²) in [5, 5.41) is 46.9. The summed E-state index contributed by atoms with van der Waals surface area (Å²) in [6.07, 6.45) is 0.898. The number of ether oxygens (including phenoxy) is 4. The molecule has 3 aliphatic heterocycles. The Morgan fingerprint density at radius 1 is 1.15 bits per heavy atom. The van der Waals surface area contributed by atoms with Crippen molar-refractivity contribution in [3.05, 3.63) is 36.5 Å². The predicted octanol–water partition coefficient (Wildman–Crippen LogP) is 2.63. The minimum Gasteiger partial charge on any atom is -0.489 e. The van der Waals surface area contributed by atoms with Gasteiger partial charge in [0.05, 0.1) is 30.5 Å². The first-order chi connectivity index (χ1) is 18.1. The second-order valence-corrected chi connectivity index (χ2v) is 14.1. The Balaban J connectivity index is 1.44. The van der Waals surface area contributed by atoms with E-state index in [9.17, 15) is 25.2 Å². The van der Waals surface area contributed by atoms with E-state index in [1.807, 2.05) is 20.8 Å². The molecule has 0 radical (unpaired) electrons. The summed E-state index contributed by atoms with van der Waals surface area (Å²) in [5.74, 6) is -3.21. The average molecular weight is 545 g/mol. The number of rotatable bonds is 4. The number of carboxylic acids is 1. The second-order valence-electron chi connectivity index (χ2n) is 14.1. The van der Waals surface area contributed by atoms with Crippen LogP contribution in [0.1, 0.15) is 71.5 Å². The molecule has 10 nitrogen and oxygen atoms in total. The largest absolute Gasteiger partial charge is 0.489 e. The molecule has 7 aliphatic rings. The first-order valence-electron chi connectivity index (χ1n) is 13.9. The Morgan fingerprint density at radius 2 is 1.87 bits per heavy atom. The fourth-order valence-electron chi connectivity index (χ4n) is 11.7. The molecule has 8 rings (SSSR count). The summed E-state index contributed by atoms with van der Waals surface area (Å²) in [6.45, 7) is 11.7. The molecule has 0 aromatic carbocycles. The first kappa shape index (κ1) is 24.8. The maximum absolute atomic E-state index is 12.9. The molecule has 1 aromatic rings. The number of aliphatic carboxylic acids is 1. The highest BCUT2D eigenvalue weighted by atomic mass is 16.9. The number of fused-ring (bicyclic) bond motifs is 3. The van der Waals surface area contributed by atoms with Crippen molar-refractivity contribution >= 4 is 5.97 Å². The maximum atomic E-state index is 12.9. The average Bonchev–Trinajstić information content (AvgIpc) is 3.55. The zero-order valence-corrected chi connectivity index (χ0v) is 22.6. The first-order valence-corrected chi connectivity index (χ1v) is 13.9. The highest BCUT2D eigenvalue weighted by Crippen LogP contribution is 2.89. The minimum atomic E-state index is -1.95. The molecule has 3 saturated heterocycles. The summed E-state index contributed by atoms with van der Waals surface area (Å²) in [7, 11) is 0. The van der Waals surface area contributed by atoms with Crippen molar-refractivity contribution in [1.82, 2.24) is 0 Å². The van der Waals surface area contributed by atoms with Gasteiger partial charge in [0.15, 0.2) is 11.7 Å². The van der Waals surface area contributed by atoms with E-state index in [4.69, 9.17) is 23.4 Å². The van der Waals surface area contributed by atoms with Crippen LogP contribution in [0.2, 0.25) is 0 Å². The highest BCUT2D eigenvalue weighted by Gasteiger charge is 3.03. The molecular formula is C29H36O10. The predicted molar refractivity (Wildman–Crippen MR) is 131 cm³/mol. The van der Waals surface area contributed by atoms with Crippen LogP contribution in [-0.4, -0.2) is 67.0 Å². The normalized spacial score (nSPS) is 60.2. The minimum absolute atomic E-state index is 0.221. The van der Waals surface area contributed by atoms with E-state index < -0.39 is 80.7 Å². The number of carbonyl (C=O) groups is 1. The standard InChI is InChI=1S/C29H36O10/c1-14-10-17-22(2,19(32)15-6-9-35-12-15)7-8-26-24(4)16(11-18(30)31)23(3)13-27(24)28(34,20(23)33)21(36-14)29(17,26)39-25(5,37-26)38-27/h6,9,12,16-17,19-21,32-34H,1,7-8,10-11,13H2,2-5H3,(H,30,31). The van der Waals surface area contributed by atoms with Gasteiger partial charge in [-0.3, -0.25) is 4.79 Å². The lowest BCUT2D eigenvalue weighted by Gasteiger charge is -2.77. The molecular weight excluding hydrogens is 508 g/mol. The van der Waals surface area contributed by atoms with Crippen LogP contribution in [0.15, 0.2) is 35.3 Å². The smallest absolute Gasteiger partial charge is 0.303 e. The molecule has 0 amide bonds. The van der Waals surface area contributed by atoms with Gasteiger partial charge in [0.2, 0.25) is 0 Å². The zero-order chi connectivity index (χ0) is 27.8. The van der Waals surface area contributed by atoms with Crippen molar-refractivity contribution in [3.63, 3.8) is 0 Å². The Kier molecular flexibility index (Phi) is 4.09. The lowest BCUT2D eigenvalue weighted by molar-refractivity contribution is -0.480. The number of carboxylic acid groups (broad SMARTS) is 1. The molecule has 13 atom stereocenters. The van der Waals surface area contributed by atoms with E-state index in [0.717, 1.165) is 0 Å². The van der Waals surface area contributed by atoms with Crippen LogP contribution in [0.25, 0.3) is 0 Å². The number of allylic oxidation sites excluding steroid dienone is 1. The van der Waals surface area contributed by atoms with E-state index >= 15 is 0 Å². The number of hydrogen-bond acceptors (Lipinski definition) is 9. The van der Waals surface area contributed by atoms with Gasteiger partial charge in [-0.1, -0.05) is 27.4 Å². The monoisotopic (exact) mass is 544 g/mol. The van der Waals surface area contributed by atoms with Crippen LogP contribution in [-0.2, 0) is 23.7 Å². The van der Waals surface area contributed by atoms with Crippen molar-refractivity contribution in [2.24, 2.45) is 28.1 Å². The highest BCUT2D eigenvalue weighted by molar-refractivity contribution is 5.68. The quantitative estimate of drug-likeness (QED) is 0.446. The van der Waals surface area contributed by atoms with Gasteiger partial charge in [0.1, 0.15) is 16.8 Å². The molecule has 4 bridgehead atoms. The fraction of sp³-hybridized carbons (Fsp3) is 0.759. The van der Waals surface area contributed by atoms with E-state index in [-0.39, 0.29) is 12.8 Å². The van der Waals surface area contributed by atoms with Gasteiger partial charge in [-0.05, 0) is 31.2 Å². The van der Waals surface area contributed by atoms with Gasteiger partial charge in [-0.25, -0.2) is 0 Å². The topological polar surface area (TPSA) is 148 Å². The number of aliphatic hydroxyl groups excluding tert-OH is 2. The zero-order valence-electron chi connectivity index (χ0n) is 22.6. The Labute approximate surface area is 225 Å². The van der Waals surface area contributed by atoms with Crippen LogP contribution in [0.3, 0.4) is 0 Å². The van der Waals surface area contributed by atoms with E-state index in [1.165, 1.54) is 12.5 Å². The van der Waals surface area contributed by atoms with Crippen molar-refractivity contribution in [1.29, 1.82) is 0 Å². The molecule has 4 saturated carbocycles. The third-order valence-electron chi connectivity index (χ3n) is 12.9. The Hall–Kier alpha value is -1.95. The van der Waals surface area contributed by atoms with E-state index in [1.54, 1.807) is 13.0 Å². The van der Waals surface area contributed by atoms with Gasteiger partial charge in [0, 0.05) is 47.5 Å². The van der Waals surface area contributed by atoms with Crippen LogP contribution >= 0.6 is 0 Å². The molecule has 13 unspecified atom stereocenters. The Morgan fingerprint density at radius 3 is 2.54 bits per heavy atom. The van der Waals surface area contributed by atoms with Gasteiger partial charge < -0.3 is 43.8 Å². The molecule has 10 heteroatoms. The molecule has 7 fully saturated rings. The maximum Gasteiger partial charge on any atom is 0.303 e. The van der Waals surface area contributed by atoms with Gasteiger partial charge >= 0.3 is 5.97 Å². The van der Waals surface area contributed by atoms with E-state index in [0.29, 0.717) is 30.6 Å². The van der Waals surface area contributed by atoms with Crippen LogP contribution in [0.4, 0.5) is 0 Å². The summed E-state index contributed by atoms with van der Waals surface area (Å²) in [4.78, 5) is 12.3. The third kappa shape index (κ3) is 2.07. The SMILES string of the molecule is C=C1CC2C(C)(C(O)c3ccoc3)CCC34OC5(C)OC23C(O1)C1(O)C(O)C2(C)CC1(O5)C4(C)C2CC(=O)O. The Bertz CT molecular complexity index is 1330. The lowest BCUT2D eigenvalue weighted by atomic mass is 9.33. The fourth-order valence-corrected chi connectivity index (χ4v) is 11.7. The molecule has 39 heavy (non-hydrogen) atoms. The summed E-state index contributed by atoms with van der Waals surface area (Å²) < 4.78 is 32.4. The third-order valence-corrected chi connectivity index (χ3v) is 12.9.